The van der Waals surface area contributed by atoms with E-state index < -0.39 is 45.5 Å². The summed E-state index contributed by atoms with van der Waals surface area (Å²) >= 11 is 5.29. The van der Waals surface area contributed by atoms with Crippen LogP contribution in [0, 0.1) is 11.8 Å². The number of nitrogen functional groups attached to an aromatic ring is 1. The molecule has 0 amide bonds. The number of ether oxygens (including phenoxy) is 1. The van der Waals surface area contributed by atoms with E-state index in [4.69, 9.17) is 40.4 Å². The molecule has 0 bridgehead atoms. The highest BCUT2D eigenvalue weighted by Crippen LogP contribution is 2.55. The Labute approximate surface area is 262 Å². The monoisotopic (exact) mass is 696 g/mol. The molecule has 46 heavy (non-hydrogen) atoms. The minimum absolute atomic E-state index is 0.0257. The molecule has 0 spiro atoms. The smallest absolute Gasteiger partial charge is 0.328 e. The second kappa shape index (κ2) is 10.9. The lowest BCUT2D eigenvalue weighted by Gasteiger charge is -2.45. The first-order chi connectivity index (χ1) is 22.0. The van der Waals surface area contributed by atoms with E-state index in [2.05, 4.69) is 29.9 Å². The van der Waals surface area contributed by atoms with Crippen LogP contribution in [0.1, 0.15) is 18.7 Å². The van der Waals surface area contributed by atoms with Gasteiger partial charge in [-0.15, -0.1) is 0 Å². The number of halogens is 1. The number of nitrogens with two attached hydrogens (primary N) is 1. The standard InChI is InChI=1S/C24H27FN10O8P2S/c1-44(37)39-5-11-4-13(34-9-31-17-21(34)32-24-27-2-3-33(24)22(17)36)12(11)6-40-45(38,46)41-7-14-18(43-44)15(25)23(42-14)35-10-30-16-19(26)28-8-29-20(16)35/h2-3,8-15,18,23H,4-7H2,1H3,(H,27,32)(H,38,46)(H2,26,28,29)/t11-,12-,13-,14-,15-,18-,23-,44+,45?/m1/s1. The summed E-state index contributed by atoms with van der Waals surface area (Å²) in [6.07, 6.45) is 1.80. The second-order valence-electron chi connectivity index (χ2n) is 11.4. The normalized spacial score (nSPS) is 35.7. The van der Waals surface area contributed by atoms with E-state index in [9.17, 15) is 14.3 Å². The summed E-state index contributed by atoms with van der Waals surface area (Å²) in [4.78, 5) is 47.7. The number of aromatic amines is 1. The zero-order valence-corrected chi connectivity index (χ0v) is 26.5. The van der Waals surface area contributed by atoms with Gasteiger partial charge < -0.3 is 38.5 Å². The van der Waals surface area contributed by atoms with Gasteiger partial charge in [0.15, 0.2) is 29.4 Å². The van der Waals surface area contributed by atoms with Crippen LogP contribution in [-0.4, -0.2) is 93.2 Å². The number of alkyl halides is 1. The molecular formula is C24H27FN10O8P2S. The van der Waals surface area contributed by atoms with Crippen molar-refractivity contribution >= 4 is 60.0 Å². The first-order valence-electron chi connectivity index (χ1n) is 14.2. The maximum Gasteiger partial charge on any atom is 0.328 e. The molecule has 0 radical (unpaired) electrons. The minimum Gasteiger partial charge on any atom is -0.382 e. The maximum atomic E-state index is 16.1. The van der Waals surface area contributed by atoms with Gasteiger partial charge in [0.05, 0.1) is 32.5 Å². The number of hydrogen-bond acceptors (Lipinski definition) is 14. The summed E-state index contributed by atoms with van der Waals surface area (Å²) in [7, 11) is -3.87. The lowest BCUT2D eigenvalue weighted by molar-refractivity contribution is -0.0425. The Kier molecular flexibility index (Phi) is 7.17. The summed E-state index contributed by atoms with van der Waals surface area (Å²) in [5.74, 6) is -0.101. The van der Waals surface area contributed by atoms with Gasteiger partial charge in [0.1, 0.15) is 29.7 Å². The Bertz CT molecular complexity index is 2140. The third kappa shape index (κ3) is 4.99. The van der Waals surface area contributed by atoms with Crippen LogP contribution < -0.4 is 11.3 Å². The van der Waals surface area contributed by atoms with Crippen LogP contribution in [0.3, 0.4) is 0 Å². The van der Waals surface area contributed by atoms with Gasteiger partial charge in [0.25, 0.3) is 5.56 Å². The molecule has 2 aliphatic heterocycles. The van der Waals surface area contributed by atoms with Crippen molar-refractivity contribution < 1.29 is 36.7 Å². The molecule has 1 saturated carbocycles. The number of aromatic nitrogens is 9. The highest BCUT2D eigenvalue weighted by molar-refractivity contribution is 8.07. The fourth-order valence-corrected chi connectivity index (χ4v) is 8.66. The lowest BCUT2D eigenvalue weighted by atomic mass is 9.70. The van der Waals surface area contributed by atoms with E-state index in [0.29, 0.717) is 17.8 Å². The molecule has 3 aliphatic rings. The Balaban J connectivity index is 1.06. The molecule has 3 fully saturated rings. The number of nitrogens with zero attached hydrogens (tertiary/aromatic N) is 8. The van der Waals surface area contributed by atoms with E-state index >= 15 is 4.39 Å². The van der Waals surface area contributed by atoms with Crippen molar-refractivity contribution in [3.8, 4) is 0 Å². The summed E-state index contributed by atoms with van der Waals surface area (Å²) in [5.41, 5.74) is 6.71. The first kappa shape index (κ1) is 30.2. The SMILES string of the molecule is C[P@]1(=O)OC[C@H]2C[C@@H](n3cnc4c(=O)n5ccnc5[nH]c43)[C@@H]2COP(O)(=S)OC[C@H]2O[C@@H](n3cnc4c(N)ncnc43)[C@H](F)[C@@H]2O1. The van der Waals surface area contributed by atoms with Gasteiger partial charge in [0.2, 0.25) is 5.78 Å². The fraction of sp³-hybridized carbons (Fsp3) is 0.500. The average molecular weight is 697 g/mol. The zero-order chi connectivity index (χ0) is 32.0. The molecule has 5 aromatic heterocycles. The Morgan fingerprint density at radius 2 is 1.87 bits per heavy atom. The molecule has 1 aliphatic carbocycles. The molecule has 22 heteroatoms. The predicted octanol–water partition coefficient (Wildman–Crippen LogP) is 1.70. The van der Waals surface area contributed by atoms with Crippen LogP contribution in [0.25, 0.3) is 28.1 Å². The molecule has 18 nitrogen and oxygen atoms in total. The van der Waals surface area contributed by atoms with E-state index in [1.807, 2.05) is 4.57 Å². The highest BCUT2D eigenvalue weighted by atomic mass is 32.5. The number of H-pyrrole nitrogens is 1. The van der Waals surface area contributed by atoms with E-state index in [1.165, 1.54) is 34.5 Å². The van der Waals surface area contributed by atoms with Crippen LogP contribution in [0.2, 0.25) is 0 Å². The van der Waals surface area contributed by atoms with Crippen LogP contribution >= 0.6 is 14.3 Å². The molecule has 1 unspecified atom stereocenters. The summed E-state index contributed by atoms with van der Waals surface area (Å²) in [5, 5.41) is 0. The van der Waals surface area contributed by atoms with Crippen LogP contribution in [0.5, 0.6) is 0 Å². The Morgan fingerprint density at radius 1 is 1.09 bits per heavy atom. The fourth-order valence-electron chi connectivity index (χ4n) is 6.31. The van der Waals surface area contributed by atoms with E-state index in [0.717, 1.165) is 0 Å². The number of anilines is 1. The van der Waals surface area contributed by atoms with Crippen molar-refractivity contribution in [2.24, 2.45) is 11.8 Å². The molecule has 9 atom stereocenters. The van der Waals surface area contributed by atoms with E-state index in [-0.39, 0.29) is 59.1 Å². The van der Waals surface area contributed by atoms with Crippen LogP contribution in [-0.2, 0) is 39.2 Å². The van der Waals surface area contributed by atoms with Gasteiger partial charge in [-0.25, -0.2) is 33.7 Å². The maximum absolute atomic E-state index is 16.1. The highest BCUT2D eigenvalue weighted by Gasteiger charge is 2.51. The summed E-state index contributed by atoms with van der Waals surface area (Å²) in [6, 6.07) is -0.259. The van der Waals surface area contributed by atoms with Gasteiger partial charge >= 0.3 is 14.3 Å². The van der Waals surface area contributed by atoms with Gasteiger partial charge in [-0.3, -0.25) is 18.5 Å². The summed E-state index contributed by atoms with van der Waals surface area (Å²) in [6.45, 7) is -3.14. The van der Waals surface area contributed by atoms with Crippen molar-refractivity contribution in [1.82, 2.24) is 43.4 Å². The lowest BCUT2D eigenvalue weighted by Crippen LogP contribution is -2.43. The van der Waals surface area contributed by atoms with Gasteiger partial charge in [-0.1, -0.05) is 0 Å². The average Bonchev–Trinajstić information content (AvgIpc) is 3.79. The second-order valence-corrected chi connectivity index (χ2v) is 16.3. The minimum atomic E-state index is -3.88. The molecule has 244 valence electrons. The molecular weight excluding hydrogens is 669 g/mol. The van der Waals surface area contributed by atoms with Crippen molar-refractivity contribution in [1.29, 1.82) is 0 Å². The number of nitrogens with one attached hydrogen (secondary N) is 1. The van der Waals surface area contributed by atoms with Crippen molar-refractivity contribution in [2.75, 3.05) is 32.2 Å². The Hall–Kier alpha value is -3.19. The zero-order valence-electron chi connectivity index (χ0n) is 23.9. The van der Waals surface area contributed by atoms with Gasteiger partial charge in [-0.05, 0) is 24.1 Å². The number of rotatable bonds is 2. The first-order valence-corrected chi connectivity index (χ1v) is 18.7. The van der Waals surface area contributed by atoms with Gasteiger partial charge in [-0.2, -0.15) is 0 Å². The molecule has 0 aromatic carbocycles. The molecule has 7 heterocycles. The van der Waals surface area contributed by atoms with Crippen molar-refractivity contribution in [2.45, 2.75) is 37.1 Å². The number of hydrogen-bond donors (Lipinski definition) is 3. The van der Waals surface area contributed by atoms with Crippen molar-refractivity contribution in [3.05, 3.63) is 41.7 Å². The van der Waals surface area contributed by atoms with Gasteiger partial charge in [0, 0.05) is 31.0 Å². The van der Waals surface area contributed by atoms with Crippen LogP contribution in [0.15, 0.2) is 36.2 Å². The number of fused-ring (bicyclic) bond motifs is 5. The van der Waals surface area contributed by atoms with E-state index in [1.54, 1.807) is 12.5 Å². The third-order valence-corrected chi connectivity index (χ3v) is 11.5. The Morgan fingerprint density at radius 3 is 2.72 bits per heavy atom. The molecule has 5 aromatic rings. The quantitative estimate of drug-likeness (QED) is 0.224. The number of imidazole rings is 3. The molecule has 2 saturated heterocycles. The molecule has 4 N–H and O–H groups in total. The topological polar surface area (TPSA) is 221 Å². The van der Waals surface area contributed by atoms with Crippen LogP contribution in [0.4, 0.5) is 10.2 Å². The predicted molar refractivity (Wildman–Crippen MR) is 161 cm³/mol. The third-order valence-electron chi connectivity index (χ3n) is 8.68. The van der Waals surface area contributed by atoms with Crippen molar-refractivity contribution in [3.63, 3.8) is 0 Å². The molecule has 8 rings (SSSR count). The summed E-state index contributed by atoms with van der Waals surface area (Å²) < 4.78 is 63.1. The largest absolute Gasteiger partial charge is 0.382 e.